The molecule has 10 heteroatoms. The van der Waals surface area contributed by atoms with Gasteiger partial charge in [0.05, 0.1) is 6.20 Å². The Hall–Kier alpha value is -2.55. The lowest BCUT2D eigenvalue weighted by molar-refractivity contribution is 0.0530. The maximum Gasteiger partial charge on any atom is 0.272 e. The fourth-order valence-corrected chi connectivity index (χ4v) is 4.67. The molecule has 32 heavy (non-hydrogen) atoms. The first kappa shape index (κ1) is 22.6. The van der Waals surface area contributed by atoms with E-state index in [9.17, 15) is 14.0 Å². The monoisotopic (exact) mass is 492 g/mol. The van der Waals surface area contributed by atoms with Crippen molar-refractivity contribution >= 4 is 46.8 Å². The van der Waals surface area contributed by atoms with Crippen LogP contribution < -0.4 is 0 Å². The van der Waals surface area contributed by atoms with Gasteiger partial charge in [-0.1, -0.05) is 35.0 Å². The summed E-state index contributed by atoms with van der Waals surface area (Å²) in [7, 11) is 0. The summed E-state index contributed by atoms with van der Waals surface area (Å²) in [4.78, 5) is 33.8. The van der Waals surface area contributed by atoms with Crippen molar-refractivity contribution in [2.45, 2.75) is 5.16 Å². The molecule has 6 nitrogen and oxygen atoms in total. The number of carbonyl (C=O) groups is 2. The standard InChI is InChI=1S/C22H19Cl2FN4O2S/c1-32-22-26-13-19(29(22)18-4-2-17(25)3-5-18)21(31)28-8-6-27(7-9-28)20(30)14-10-15(23)12-16(24)11-14/h2-5,10-13H,6-9H2,1H3. The van der Waals surface area contributed by atoms with Gasteiger partial charge in [-0.2, -0.15) is 0 Å². The summed E-state index contributed by atoms with van der Waals surface area (Å²) in [6, 6.07) is 10.7. The van der Waals surface area contributed by atoms with Crippen LogP contribution in [0.25, 0.3) is 5.69 Å². The van der Waals surface area contributed by atoms with E-state index in [4.69, 9.17) is 23.2 Å². The quantitative estimate of drug-likeness (QED) is 0.497. The van der Waals surface area contributed by atoms with Crippen molar-refractivity contribution in [3.63, 3.8) is 0 Å². The van der Waals surface area contributed by atoms with Crippen LogP contribution in [0, 0.1) is 5.82 Å². The maximum absolute atomic E-state index is 13.4. The summed E-state index contributed by atoms with van der Waals surface area (Å²) in [5, 5.41) is 1.42. The molecule has 4 rings (SSSR count). The molecule has 1 saturated heterocycles. The smallest absolute Gasteiger partial charge is 0.272 e. The maximum atomic E-state index is 13.4. The van der Waals surface area contributed by atoms with Crippen LogP contribution in [-0.2, 0) is 0 Å². The molecule has 166 valence electrons. The highest BCUT2D eigenvalue weighted by atomic mass is 35.5. The third kappa shape index (κ3) is 4.62. The zero-order valence-electron chi connectivity index (χ0n) is 17.1. The Labute approximate surface area is 198 Å². The molecular weight excluding hydrogens is 474 g/mol. The Bertz CT molecular complexity index is 1140. The SMILES string of the molecule is CSc1ncc(C(=O)N2CCN(C(=O)c3cc(Cl)cc(Cl)c3)CC2)n1-c1ccc(F)cc1. The van der Waals surface area contributed by atoms with Gasteiger partial charge in [0.25, 0.3) is 11.8 Å². The summed E-state index contributed by atoms with van der Waals surface area (Å²) in [5.74, 6) is -0.725. The molecule has 0 atom stereocenters. The van der Waals surface area contributed by atoms with Gasteiger partial charge in [-0.25, -0.2) is 9.37 Å². The zero-order valence-corrected chi connectivity index (χ0v) is 19.4. The van der Waals surface area contributed by atoms with Gasteiger partial charge in [0.15, 0.2) is 5.16 Å². The predicted octanol–water partition coefficient (Wildman–Crippen LogP) is 4.64. The number of benzene rings is 2. The van der Waals surface area contributed by atoms with E-state index in [-0.39, 0.29) is 17.6 Å². The second kappa shape index (κ2) is 9.52. The number of hydrogen-bond acceptors (Lipinski definition) is 4. The molecule has 1 aliphatic rings. The second-order valence-corrected chi connectivity index (χ2v) is 8.83. The lowest BCUT2D eigenvalue weighted by Crippen LogP contribution is -2.50. The van der Waals surface area contributed by atoms with Crippen LogP contribution in [0.5, 0.6) is 0 Å². The van der Waals surface area contributed by atoms with E-state index in [1.54, 1.807) is 44.7 Å². The van der Waals surface area contributed by atoms with Crippen molar-refractivity contribution in [3.05, 3.63) is 75.8 Å². The third-order valence-corrected chi connectivity index (χ3v) is 6.27. The van der Waals surface area contributed by atoms with Crippen LogP contribution >= 0.6 is 35.0 Å². The molecule has 0 unspecified atom stereocenters. The molecule has 0 saturated carbocycles. The van der Waals surface area contributed by atoms with E-state index in [0.29, 0.717) is 58.3 Å². The van der Waals surface area contributed by atoms with Crippen LogP contribution in [0.4, 0.5) is 4.39 Å². The first-order valence-electron chi connectivity index (χ1n) is 9.79. The Morgan fingerprint density at radius 1 is 0.938 bits per heavy atom. The van der Waals surface area contributed by atoms with Gasteiger partial charge in [-0.15, -0.1) is 0 Å². The molecule has 1 aliphatic heterocycles. The van der Waals surface area contributed by atoms with Gasteiger partial charge in [0, 0.05) is 47.5 Å². The average Bonchev–Trinajstić information content (AvgIpc) is 3.22. The van der Waals surface area contributed by atoms with Gasteiger partial charge in [0.1, 0.15) is 11.5 Å². The van der Waals surface area contributed by atoms with Crippen molar-refractivity contribution < 1.29 is 14.0 Å². The normalized spacial score (nSPS) is 14.0. The largest absolute Gasteiger partial charge is 0.335 e. The Kier molecular flexibility index (Phi) is 6.74. The van der Waals surface area contributed by atoms with Gasteiger partial charge in [-0.05, 0) is 48.7 Å². The van der Waals surface area contributed by atoms with Crippen molar-refractivity contribution in [1.82, 2.24) is 19.4 Å². The highest BCUT2D eigenvalue weighted by Crippen LogP contribution is 2.24. The number of amides is 2. The van der Waals surface area contributed by atoms with Crippen LogP contribution in [0.1, 0.15) is 20.8 Å². The van der Waals surface area contributed by atoms with E-state index < -0.39 is 0 Å². The van der Waals surface area contributed by atoms with Crippen LogP contribution in [-0.4, -0.2) is 63.6 Å². The first-order valence-corrected chi connectivity index (χ1v) is 11.8. The molecule has 0 radical (unpaired) electrons. The first-order chi connectivity index (χ1) is 15.4. The van der Waals surface area contributed by atoms with Crippen LogP contribution in [0.2, 0.25) is 10.0 Å². The molecule has 2 aromatic carbocycles. The number of piperazine rings is 1. The topological polar surface area (TPSA) is 58.4 Å². The Balaban J connectivity index is 1.50. The number of aromatic nitrogens is 2. The summed E-state index contributed by atoms with van der Waals surface area (Å²) < 4.78 is 15.1. The molecule has 1 aromatic heterocycles. The molecule has 2 heterocycles. The number of halogens is 3. The number of rotatable bonds is 4. The molecule has 0 spiro atoms. The molecule has 3 aromatic rings. The summed E-state index contributed by atoms with van der Waals surface area (Å²) in [6.45, 7) is 1.52. The predicted molar refractivity (Wildman–Crippen MR) is 124 cm³/mol. The fraction of sp³-hybridized carbons (Fsp3) is 0.227. The molecule has 0 aliphatic carbocycles. The summed E-state index contributed by atoms with van der Waals surface area (Å²) in [5.41, 5.74) is 1.46. The van der Waals surface area contributed by atoms with Gasteiger partial charge in [0.2, 0.25) is 0 Å². The van der Waals surface area contributed by atoms with Gasteiger partial charge >= 0.3 is 0 Å². The minimum Gasteiger partial charge on any atom is -0.335 e. The summed E-state index contributed by atoms with van der Waals surface area (Å²) in [6.07, 6.45) is 3.39. The van der Waals surface area contributed by atoms with E-state index in [1.807, 2.05) is 6.26 Å². The molecule has 0 N–H and O–H groups in total. The zero-order chi connectivity index (χ0) is 22.8. The van der Waals surface area contributed by atoms with Crippen molar-refractivity contribution in [2.24, 2.45) is 0 Å². The Morgan fingerprint density at radius 2 is 1.50 bits per heavy atom. The number of thioether (sulfide) groups is 1. The second-order valence-electron chi connectivity index (χ2n) is 7.18. The highest BCUT2D eigenvalue weighted by molar-refractivity contribution is 7.98. The average molecular weight is 493 g/mol. The Morgan fingerprint density at radius 3 is 2.06 bits per heavy atom. The van der Waals surface area contributed by atoms with E-state index >= 15 is 0 Å². The van der Waals surface area contributed by atoms with Gasteiger partial charge in [-0.3, -0.25) is 14.2 Å². The van der Waals surface area contributed by atoms with Crippen molar-refractivity contribution in [2.75, 3.05) is 32.4 Å². The lowest BCUT2D eigenvalue weighted by atomic mass is 10.1. The third-order valence-electron chi connectivity index (χ3n) is 5.18. The van der Waals surface area contributed by atoms with Crippen LogP contribution in [0.15, 0.2) is 53.8 Å². The highest BCUT2D eigenvalue weighted by Gasteiger charge is 2.28. The molecule has 1 fully saturated rings. The van der Waals surface area contributed by atoms with E-state index in [1.165, 1.54) is 30.1 Å². The van der Waals surface area contributed by atoms with Crippen LogP contribution in [0.3, 0.4) is 0 Å². The molecular formula is C22H19Cl2FN4O2S. The van der Waals surface area contributed by atoms with Crippen molar-refractivity contribution in [3.8, 4) is 5.69 Å². The van der Waals surface area contributed by atoms with E-state index in [2.05, 4.69) is 4.98 Å². The minimum atomic E-state index is -0.353. The van der Waals surface area contributed by atoms with E-state index in [0.717, 1.165) is 0 Å². The number of hydrogen-bond donors (Lipinski definition) is 0. The number of nitrogens with zero attached hydrogens (tertiary/aromatic N) is 4. The van der Waals surface area contributed by atoms with Gasteiger partial charge < -0.3 is 9.80 Å². The number of carbonyl (C=O) groups excluding carboxylic acids is 2. The minimum absolute atomic E-state index is 0.178. The molecule has 2 amide bonds. The molecule has 0 bridgehead atoms. The number of imidazole rings is 1. The summed E-state index contributed by atoms with van der Waals surface area (Å²) >= 11 is 13.4. The van der Waals surface area contributed by atoms with Crippen molar-refractivity contribution in [1.29, 1.82) is 0 Å². The lowest BCUT2D eigenvalue weighted by Gasteiger charge is -2.35. The fourth-order valence-electron chi connectivity index (χ4n) is 3.60.